The third-order valence-corrected chi connectivity index (χ3v) is 1.48. The maximum Gasteiger partial charge on any atom is 0.325 e. The van der Waals surface area contributed by atoms with Gasteiger partial charge in [0.15, 0.2) is 0 Å². The lowest BCUT2D eigenvalue weighted by Crippen LogP contribution is -2.24. The monoisotopic (exact) mass is 181 g/mol. The number of aromatic nitrogens is 2. The minimum atomic E-state index is -0.501. The molecule has 3 N–H and O–H groups in total. The third-order valence-electron chi connectivity index (χ3n) is 1.48. The van der Waals surface area contributed by atoms with E-state index in [1.807, 2.05) is 0 Å². The second kappa shape index (κ2) is 4.30. The molecule has 0 bridgehead atoms. The zero-order valence-electron chi connectivity index (χ0n) is 7.09. The van der Waals surface area contributed by atoms with E-state index in [9.17, 15) is 9.59 Å². The predicted octanol–water partition coefficient (Wildman–Crippen LogP) is 0.0512. The van der Waals surface area contributed by atoms with Crippen LogP contribution in [0.4, 0.5) is 5.69 Å². The van der Waals surface area contributed by atoms with Crippen LogP contribution in [0.3, 0.4) is 0 Å². The maximum absolute atomic E-state index is 11.1. The summed E-state index contributed by atoms with van der Waals surface area (Å²) in [5.41, 5.74) is -0.548. The quantitative estimate of drug-likeness (QED) is 0.453. The molecule has 0 unspecified atom stereocenters. The van der Waals surface area contributed by atoms with Gasteiger partial charge in [0.1, 0.15) is 5.69 Å². The molecule has 1 aromatic rings. The fourth-order valence-electron chi connectivity index (χ4n) is 0.850. The van der Waals surface area contributed by atoms with Crippen molar-refractivity contribution in [3.8, 4) is 0 Å². The van der Waals surface area contributed by atoms with Crippen molar-refractivity contribution in [3.05, 3.63) is 39.7 Å². The Morgan fingerprint density at radius 2 is 2.31 bits per heavy atom. The first-order chi connectivity index (χ1) is 6.24. The Morgan fingerprint density at radius 1 is 1.54 bits per heavy atom. The van der Waals surface area contributed by atoms with Crippen molar-refractivity contribution < 1.29 is 0 Å². The summed E-state index contributed by atoms with van der Waals surface area (Å²) in [6.45, 7) is 4.17. The minimum Gasteiger partial charge on any atom is -0.379 e. The van der Waals surface area contributed by atoms with Crippen molar-refractivity contribution in [3.63, 3.8) is 0 Å². The highest BCUT2D eigenvalue weighted by molar-refractivity contribution is 5.36. The molecule has 0 fully saturated rings. The van der Waals surface area contributed by atoms with E-state index < -0.39 is 11.2 Å². The average molecular weight is 181 g/mol. The van der Waals surface area contributed by atoms with Crippen molar-refractivity contribution in [2.75, 3.05) is 11.9 Å². The van der Waals surface area contributed by atoms with Crippen LogP contribution in [0.25, 0.3) is 0 Å². The van der Waals surface area contributed by atoms with Crippen LogP contribution in [0.15, 0.2) is 28.4 Å². The molecule has 0 aromatic carbocycles. The van der Waals surface area contributed by atoms with E-state index >= 15 is 0 Å². The average Bonchev–Trinajstić information content (AvgIpc) is 2.09. The molecule has 0 radical (unpaired) electrons. The Labute approximate surface area is 74.5 Å². The van der Waals surface area contributed by atoms with Crippen LogP contribution in [-0.2, 0) is 0 Å². The van der Waals surface area contributed by atoms with Gasteiger partial charge in [-0.1, -0.05) is 6.08 Å². The highest BCUT2D eigenvalue weighted by atomic mass is 16.2. The van der Waals surface area contributed by atoms with Gasteiger partial charge >= 0.3 is 5.69 Å². The van der Waals surface area contributed by atoms with Gasteiger partial charge in [0.2, 0.25) is 0 Å². The minimum absolute atomic E-state index is 0.362. The summed E-state index contributed by atoms with van der Waals surface area (Å²) in [4.78, 5) is 26.2. The van der Waals surface area contributed by atoms with E-state index in [0.717, 1.165) is 6.42 Å². The first-order valence-electron chi connectivity index (χ1n) is 3.91. The van der Waals surface area contributed by atoms with E-state index in [4.69, 9.17) is 0 Å². The lowest BCUT2D eigenvalue weighted by atomic mass is 10.4. The fourth-order valence-corrected chi connectivity index (χ4v) is 0.850. The van der Waals surface area contributed by atoms with Gasteiger partial charge < -0.3 is 10.3 Å². The van der Waals surface area contributed by atoms with Crippen molar-refractivity contribution in [2.24, 2.45) is 0 Å². The number of aromatic amines is 2. The normalized spacial score (nSPS) is 9.54. The summed E-state index contributed by atoms with van der Waals surface area (Å²) in [6.07, 6.45) is 3.86. The Kier molecular flexibility index (Phi) is 3.08. The zero-order chi connectivity index (χ0) is 9.68. The molecule has 5 heteroatoms. The van der Waals surface area contributed by atoms with E-state index in [1.165, 1.54) is 6.20 Å². The first-order valence-corrected chi connectivity index (χ1v) is 3.91. The third kappa shape index (κ3) is 2.62. The SMILES string of the molecule is C=CCCNc1c[nH]c(=O)[nH]c1=O. The molecule has 0 aliphatic heterocycles. The van der Waals surface area contributed by atoms with Crippen LogP contribution >= 0.6 is 0 Å². The predicted molar refractivity (Wildman–Crippen MR) is 51.0 cm³/mol. The summed E-state index contributed by atoms with van der Waals surface area (Å²) in [7, 11) is 0. The Balaban J connectivity index is 2.72. The number of anilines is 1. The molecule has 13 heavy (non-hydrogen) atoms. The molecule has 0 aliphatic rings. The number of hydrogen-bond donors (Lipinski definition) is 3. The molecule has 0 saturated carbocycles. The van der Waals surface area contributed by atoms with Gasteiger partial charge in [0.05, 0.1) is 0 Å². The fraction of sp³-hybridized carbons (Fsp3) is 0.250. The molecule has 1 heterocycles. The highest BCUT2D eigenvalue weighted by Crippen LogP contribution is 1.91. The van der Waals surface area contributed by atoms with Crippen molar-refractivity contribution in [1.82, 2.24) is 9.97 Å². The summed E-state index contributed by atoms with van der Waals surface area (Å²) in [5.74, 6) is 0. The number of hydrogen-bond acceptors (Lipinski definition) is 3. The van der Waals surface area contributed by atoms with Crippen LogP contribution in [0.2, 0.25) is 0 Å². The highest BCUT2D eigenvalue weighted by Gasteiger charge is 1.96. The molecular weight excluding hydrogens is 170 g/mol. The van der Waals surface area contributed by atoms with Gasteiger partial charge in [0.25, 0.3) is 5.56 Å². The van der Waals surface area contributed by atoms with Crippen LogP contribution in [-0.4, -0.2) is 16.5 Å². The Hall–Kier alpha value is -1.78. The summed E-state index contributed by atoms with van der Waals surface area (Å²) < 4.78 is 0. The van der Waals surface area contributed by atoms with E-state index in [0.29, 0.717) is 12.2 Å². The number of rotatable bonds is 4. The lowest BCUT2D eigenvalue weighted by Gasteiger charge is -2.01. The van der Waals surface area contributed by atoms with Gasteiger partial charge in [-0.15, -0.1) is 6.58 Å². The van der Waals surface area contributed by atoms with Gasteiger partial charge in [0, 0.05) is 12.7 Å². The lowest BCUT2D eigenvalue weighted by molar-refractivity contribution is 1.00. The summed E-state index contributed by atoms with van der Waals surface area (Å²) in [6, 6.07) is 0. The van der Waals surface area contributed by atoms with Gasteiger partial charge in [-0.3, -0.25) is 9.78 Å². The molecule has 0 spiro atoms. The van der Waals surface area contributed by atoms with Crippen molar-refractivity contribution >= 4 is 5.69 Å². The van der Waals surface area contributed by atoms with Crippen LogP contribution in [0, 0.1) is 0 Å². The van der Waals surface area contributed by atoms with E-state index in [1.54, 1.807) is 6.08 Å². The smallest absolute Gasteiger partial charge is 0.325 e. The van der Waals surface area contributed by atoms with Crippen molar-refractivity contribution in [1.29, 1.82) is 0 Å². The number of nitrogens with one attached hydrogen (secondary N) is 3. The second-order valence-corrected chi connectivity index (χ2v) is 2.49. The maximum atomic E-state index is 11.1. The molecule has 70 valence electrons. The van der Waals surface area contributed by atoms with Crippen LogP contribution < -0.4 is 16.6 Å². The largest absolute Gasteiger partial charge is 0.379 e. The Bertz CT molecular complexity index is 391. The van der Waals surface area contributed by atoms with Crippen LogP contribution in [0.5, 0.6) is 0 Å². The van der Waals surface area contributed by atoms with Crippen LogP contribution in [0.1, 0.15) is 6.42 Å². The molecule has 0 atom stereocenters. The van der Waals surface area contributed by atoms with E-state index in [-0.39, 0.29) is 0 Å². The molecule has 0 aliphatic carbocycles. The number of H-pyrrole nitrogens is 2. The zero-order valence-corrected chi connectivity index (χ0v) is 7.09. The molecule has 5 nitrogen and oxygen atoms in total. The molecule has 1 aromatic heterocycles. The van der Waals surface area contributed by atoms with Gasteiger partial charge in [-0.05, 0) is 6.42 Å². The Morgan fingerprint density at radius 3 is 2.92 bits per heavy atom. The molecular formula is C8H11N3O2. The summed E-state index contributed by atoms with van der Waals surface area (Å²) in [5, 5.41) is 2.86. The first kappa shape index (κ1) is 9.31. The standard InChI is InChI=1S/C8H11N3O2/c1-2-3-4-9-6-5-10-8(13)11-7(6)12/h2,5,9H,1,3-4H2,(H2,10,11,12,13). The molecule has 0 amide bonds. The summed E-state index contributed by atoms with van der Waals surface area (Å²) >= 11 is 0. The van der Waals surface area contributed by atoms with E-state index in [2.05, 4.69) is 21.9 Å². The van der Waals surface area contributed by atoms with Crippen molar-refractivity contribution in [2.45, 2.75) is 6.42 Å². The molecule has 0 saturated heterocycles. The topological polar surface area (TPSA) is 77.8 Å². The molecule has 1 rings (SSSR count). The van der Waals surface area contributed by atoms with Gasteiger partial charge in [-0.2, -0.15) is 0 Å². The van der Waals surface area contributed by atoms with Gasteiger partial charge in [-0.25, -0.2) is 4.79 Å². The second-order valence-electron chi connectivity index (χ2n) is 2.49.